The summed E-state index contributed by atoms with van der Waals surface area (Å²) in [6.07, 6.45) is -3.15. The molecular weight excluding hydrogens is 197 g/mol. The molecule has 0 unspecified atom stereocenters. The maximum atomic E-state index is 12.6. The number of nitrogens with one attached hydrogen (secondary N) is 1. The van der Waals surface area contributed by atoms with Crippen molar-refractivity contribution in [3.8, 4) is 0 Å². The third-order valence-electron chi connectivity index (χ3n) is 2.20. The van der Waals surface area contributed by atoms with Crippen LogP contribution in [0.15, 0.2) is 6.33 Å². The van der Waals surface area contributed by atoms with Gasteiger partial charge < -0.3 is 5.32 Å². The molecule has 1 N–H and O–H groups in total. The minimum atomic E-state index is -4.27. The third-order valence-corrected chi connectivity index (χ3v) is 2.20. The molecule has 0 saturated heterocycles. The van der Waals surface area contributed by atoms with Gasteiger partial charge in [0.25, 0.3) is 0 Å². The molecule has 1 aliphatic rings. The second-order valence-corrected chi connectivity index (χ2v) is 3.37. The fourth-order valence-corrected chi connectivity index (χ4v) is 1.57. The second-order valence-electron chi connectivity index (χ2n) is 3.37. The van der Waals surface area contributed by atoms with Gasteiger partial charge in [0.2, 0.25) is 5.95 Å². The first-order chi connectivity index (χ1) is 6.48. The number of hydrogen-bond acceptors (Lipinski definition) is 3. The molecule has 7 heteroatoms. The monoisotopic (exact) mass is 206 g/mol. The quantitative estimate of drug-likeness (QED) is 0.700. The lowest BCUT2D eigenvalue weighted by Crippen LogP contribution is -2.38. The van der Waals surface area contributed by atoms with Crippen LogP contribution in [0.25, 0.3) is 0 Å². The van der Waals surface area contributed by atoms with E-state index in [1.165, 1.54) is 0 Å². The highest BCUT2D eigenvalue weighted by Crippen LogP contribution is 2.37. The lowest BCUT2D eigenvalue weighted by atomic mass is 10.1. The molecule has 2 heterocycles. The van der Waals surface area contributed by atoms with Crippen LogP contribution in [-0.2, 0) is 0 Å². The number of anilines is 1. The Morgan fingerprint density at radius 3 is 2.93 bits per heavy atom. The van der Waals surface area contributed by atoms with E-state index in [9.17, 15) is 13.2 Å². The number of alkyl halides is 3. The van der Waals surface area contributed by atoms with Gasteiger partial charge in [-0.1, -0.05) is 0 Å². The summed E-state index contributed by atoms with van der Waals surface area (Å²) in [7, 11) is 0. The van der Waals surface area contributed by atoms with Gasteiger partial charge in [0.05, 0.1) is 0 Å². The summed E-state index contributed by atoms with van der Waals surface area (Å²) in [5, 5.41) is 6.39. The highest BCUT2D eigenvalue weighted by molar-refractivity contribution is 5.28. The van der Waals surface area contributed by atoms with Crippen LogP contribution in [0.1, 0.15) is 19.4 Å². The van der Waals surface area contributed by atoms with Crippen LogP contribution in [0.4, 0.5) is 19.1 Å². The molecule has 2 atom stereocenters. The minimum absolute atomic E-state index is 0.0140. The van der Waals surface area contributed by atoms with Crippen LogP contribution in [-0.4, -0.2) is 27.0 Å². The van der Waals surface area contributed by atoms with E-state index in [4.69, 9.17) is 0 Å². The Bertz CT molecular complexity index is 332. The Morgan fingerprint density at radius 2 is 2.29 bits per heavy atom. The van der Waals surface area contributed by atoms with E-state index >= 15 is 0 Å². The van der Waals surface area contributed by atoms with E-state index < -0.39 is 12.2 Å². The Hall–Kier alpha value is -1.27. The van der Waals surface area contributed by atoms with Crippen LogP contribution < -0.4 is 5.32 Å². The van der Waals surface area contributed by atoms with Crippen molar-refractivity contribution >= 4 is 5.95 Å². The van der Waals surface area contributed by atoms with Crippen molar-refractivity contribution in [1.82, 2.24) is 14.8 Å². The molecule has 0 amide bonds. The number of nitrogens with zero attached hydrogens (tertiary/aromatic N) is 3. The zero-order chi connectivity index (χ0) is 10.3. The Labute approximate surface area is 78.1 Å². The van der Waals surface area contributed by atoms with E-state index in [0.717, 1.165) is 11.0 Å². The fourth-order valence-electron chi connectivity index (χ4n) is 1.57. The Kier molecular flexibility index (Phi) is 1.90. The van der Waals surface area contributed by atoms with Crippen LogP contribution in [0.3, 0.4) is 0 Å². The molecule has 0 fully saturated rings. The van der Waals surface area contributed by atoms with Gasteiger partial charge in [0.15, 0.2) is 6.04 Å². The molecule has 0 saturated carbocycles. The summed E-state index contributed by atoms with van der Waals surface area (Å²) in [5.41, 5.74) is 0. The van der Waals surface area contributed by atoms with E-state index in [1.807, 2.05) is 0 Å². The molecule has 1 aromatic rings. The van der Waals surface area contributed by atoms with Gasteiger partial charge in [-0.3, -0.25) is 0 Å². The van der Waals surface area contributed by atoms with Crippen molar-refractivity contribution in [3.63, 3.8) is 0 Å². The van der Waals surface area contributed by atoms with Gasteiger partial charge in [-0.25, -0.2) is 4.68 Å². The van der Waals surface area contributed by atoms with Crippen molar-refractivity contribution in [2.75, 3.05) is 5.32 Å². The van der Waals surface area contributed by atoms with Crippen molar-refractivity contribution in [2.45, 2.75) is 31.6 Å². The predicted molar refractivity (Wildman–Crippen MR) is 42.8 cm³/mol. The van der Waals surface area contributed by atoms with Crippen LogP contribution >= 0.6 is 0 Å². The maximum Gasteiger partial charge on any atom is 0.411 e. The zero-order valence-corrected chi connectivity index (χ0v) is 7.41. The summed E-state index contributed by atoms with van der Waals surface area (Å²) in [6, 6.07) is -1.80. The largest absolute Gasteiger partial charge is 0.411 e. The Morgan fingerprint density at radius 1 is 1.57 bits per heavy atom. The number of rotatable bonds is 0. The van der Waals surface area contributed by atoms with Gasteiger partial charge in [-0.2, -0.15) is 23.3 Å². The summed E-state index contributed by atoms with van der Waals surface area (Å²) in [5.74, 6) is 0.186. The van der Waals surface area contributed by atoms with E-state index in [2.05, 4.69) is 15.4 Å². The molecular formula is C7H9F3N4. The number of halogens is 3. The molecule has 0 aliphatic carbocycles. The van der Waals surface area contributed by atoms with E-state index in [1.54, 1.807) is 6.92 Å². The van der Waals surface area contributed by atoms with E-state index in [0.29, 0.717) is 0 Å². The Balaban J connectivity index is 2.37. The summed E-state index contributed by atoms with van der Waals surface area (Å²) in [4.78, 5) is 3.71. The number of fused-ring (bicyclic) bond motifs is 1. The fraction of sp³-hybridized carbons (Fsp3) is 0.714. The van der Waals surface area contributed by atoms with Crippen molar-refractivity contribution in [3.05, 3.63) is 6.33 Å². The average molecular weight is 206 g/mol. The lowest BCUT2D eigenvalue weighted by Gasteiger charge is -2.30. The highest BCUT2D eigenvalue weighted by atomic mass is 19.4. The first kappa shape index (κ1) is 9.29. The molecule has 4 nitrogen and oxygen atoms in total. The number of hydrogen-bond donors (Lipinski definition) is 1. The first-order valence-electron chi connectivity index (χ1n) is 4.21. The smallest absolute Gasteiger partial charge is 0.352 e. The van der Waals surface area contributed by atoms with Gasteiger partial charge >= 0.3 is 6.18 Å². The topological polar surface area (TPSA) is 42.7 Å². The van der Waals surface area contributed by atoms with Crippen molar-refractivity contribution in [2.24, 2.45) is 0 Å². The van der Waals surface area contributed by atoms with Gasteiger partial charge in [0.1, 0.15) is 6.33 Å². The SMILES string of the molecule is C[C@H]1C[C@@H](C(F)(F)F)n2ncnc2N1. The molecule has 2 rings (SSSR count). The molecule has 14 heavy (non-hydrogen) atoms. The van der Waals surface area contributed by atoms with Crippen LogP contribution in [0.5, 0.6) is 0 Å². The van der Waals surface area contributed by atoms with Crippen molar-refractivity contribution < 1.29 is 13.2 Å². The molecule has 0 aromatic carbocycles. The highest BCUT2D eigenvalue weighted by Gasteiger charge is 2.45. The van der Waals surface area contributed by atoms with E-state index in [-0.39, 0.29) is 18.4 Å². The first-order valence-corrected chi connectivity index (χ1v) is 4.21. The summed E-state index contributed by atoms with van der Waals surface area (Å²) in [6.45, 7) is 1.69. The number of aromatic nitrogens is 3. The van der Waals surface area contributed by atoms with Crippen molar-refractivity contribution in [1.29, 1.82) is 0 Å². The van der Waals surface area contributed by atoms with Gasteiger partial charge in [-0.15, -0.1) is 0 Å². The van der Waals surface area contributed by atoms with Gasteiger partial charge in [0, 0.05) is 6.04 Å². The standard InChI is InChI=1S/C7H9F3N4/c1-4-2-5(7(8,9)10)14-6(13-4)11-3-12-14/h3-5H,2H2,1H3,(H,11,12,13)/t4-,5-/m0/s1. The predicted octanol–water partition coefficient (Wildman–Crippen LogP) is 1.59. The zero-order valence-electron chi connectivity index (χ0n) is 7.41. The average Bonchev–Trinajstić information content (AvgIpc) is 2.47. The second kappa shape index (κ2) is 2.86. The third kappa shape index (κ3) is 1.42. The minimum Gasteiger partial charge on any atom is -0.352 e. The molecule has 78 valence electrons. The summed E-state index contributed by atoms with van der Waals surface area (Å²) < 4.78 is 38.6. The molecule has 0 bridgehead atoms. The molecule has 0 spiro atoms. The molecule has 1 aliphatic heterocycles. The molecule has 1 aromatic heterocycles. The van der Waals surface area contributed by atoms with Crippen LogP contribution in [0.2, 0.25) is 0 Å². The molecule has 0 radical (unpaired) electrons. The maximum absolute atomic E-state index is 12.6. The summed E-state index contributed by atoms with van der Waals surface area (Å²) >= 11 is 0. The lowest BCUT2D eigenvalue weighted by molar-refractivity contribution is -0.173. The van der Waals surface area contributed by atoms with Crippen LogP contribution in [0, 0.1) is 0 Å². The van der Waals surface area contributed by atoms with Gasteiger partial charge in [-0.05, 0) is 13.3 Å². The normalized spacial score (nSPS) is 26.9.